The van der Waals surface area contributed by atoms with Crippen LogP contribution in [0.15, 0.2) is 42.7 Å². The average molecular weight is 586 g/mol. The molecule has 0 spiro atoms. The second-order valence-corrected chi connectivity index (χ2v) is 9.25. The first-order valence-corrected chi connectivity index (χ1v) is 14.8. The molecule has 178 valence electrons. The van der Waals surface area contributed by atoms with Crippen LogP contribution < -0.4 is 11.1 Å². The summed E-state index contributed by atoms with van der Waals surface area (Å²) in [6, 6.07) is 7.94. The monoisotopic (exact) mass is 586 g/mol. The van der Waals surface area contributed by atoms with Crippen LogP contribution >= 0.6 is 28.4 Å². The zero-order chi connectivity index (χ0) is 24.4. The lowest BCUT2D eigenvalue weighted by Crippen LogP contribution is -2.44. The van der Waals surface area contributed by atoms with Crippen molar-refractivity contribution in [2.75, 3.05) is 24.1 Å². The van der Waals surface area contributed by atoms with E-state index >= 15 is 0 Å². The van der Waals surface area contributed by atoms with Crippen molar-refractivity contribution >= 4 is 62.6 Å². The van der Waals surface area contributed by atoms with Crippen molar-refractivity contribution in [2.45, 2.75) is 33.6 Å². The van der Waals surface area contributed by atoms with Gasteiger partial charge in [0, 0.05) is 13.1 Å². The summed E-state index contributed by atoms with van der Waals surface area (Å²) in [4.78, 5) is 30.5. The molecule has 33 heavy (non-hydrogen) atoms. The van der Waals surface area contributed by atoms with Gasteiger partial charge in [0.05, 0.1) is 29.8 Å². The lowest BCUT2D eigenvalue weighted by atomic mass is 10.0. The Hall–Kier alpha value is -2.33. The Labute approximate surface area is 207 Å². The molecule has 0 aliphatic carbocycles. The summed E-state index contributed by atoms with van der Waals surface area (Å²) in [5.74, 6) is -0.569. The van der Waals surface area contributed by atoms with Crippen molar-refractivity contribution in [3.05, 3.63) is 48.5 Å². The molecule has 3 heterocycles. The number of carbonyl (C=O) groups excluding carboxylic acids is 2. The Morgan fingerprint density at radius 2 is 1.94 bits per heavy atom. The fourth-order valence-corrected chi connectivity index (χ4v) is 4.85. The van der Waals surface area contributed by atoms with Gasteiger partial charge in [0.2, 0.25) is 0 Å². The summed E-state index contributed by atoms with van der Waals surface area (Å²) >= 11 is 2.19. The van der Waals surface area contributed by atoms with Crippen LogP contribution in [0.3, 0.4) is 0 Å². The topological polar surface area (TPSA) is 106 Å². The van der Waals surface area contributed by atoms with Crippen LogP contribution in [0.1, 0.15) is 33.6 Å². The number of fused-ring (bicyclic) bond motifs is 1. The SMILES string of the molecule is CC.CC1CCCN(C(=O)C(=O)Nc2cnc(N)c3cnn(PI)c23)C1.Fc1ccccc1. The van der Waals surface area contributed by atoms with Gasteiger partial charge >= 0.3 is 11.8 Å². The highest BCUT2D eigenvalue weighted by molar-refractivity contribution is 14.2. The maximum Gasteiger partial charge on any atom is 0.314 e. The number of carbonyl (C=O) groups is 2. The van der Waals surface area contributed by atoms with E-state index in [0.29, 0.717) is 47.8 Å². The number of rotatable bonds is 2. The molecule has 8 nitrogen and oxygen atoms in total. The van der Waals surface area contributed by atoms with Crippen LogP contribution in [0, 0.1) is 11.7 Å². The van der Waals surface area contributed by atoms with Gasteiger partial charge < -0.3 is 16.0 Å². The van der Waals surface area contributed by atoms with E-state index in [1.165, 1.54) is 18.3 Å². The van der Waals surface area contributed by atoms with Crippen molar-refractivity contribution < 1.29 is 14.0 Å². The second kappa shape index (κ2) is 13.4. The number of aromatic nitrogens is 3. The van der Waals surface area contributed by atoms with Gasteiger partial charge in [0.25, 0.3) is 0 Å². The second-order valence-electron chi connectivity index (χ2n) is 7.21. The fourth-order valence-electron chi connectivity index (χ4n) is 3.32. The first kappa shape index (κ1) is 26.9. The predicted octanol–water partition coefficient (Wildman–Crippen LogP) is 4.85. The maximum absolute atomic E-state index is 12.4. The molecule has 1 aromatic carbocycles. The maximum atomic E-state index is 12.4. The number of halogens is 2. The molecule has 0 saturated carbocycles. The Morgan fingerprint density at radius 1 is 1.24 bits per heavy atom. The van der Waals surface area contributed by atoms with Crippen LogP contribution in [-0.4, -0.2) is 44.3 Å². The van der Waals surface area contributed by atoms with E-state index in [-0.39, 0.29) is 5.82 Å². The first-order chi connectivity index (χ1) is 15.9. The van der Waals surface area contributed by atoms with Crippen molar-refractivity contribution in [1.82, 2.24) is 19.4 Å². The lowest BCUT2D eigenvalue weighted by Gasteiger charge is -2.30. The molecule has 1 aliphatic heterocycles. The van der Waals surface area contributed by atoms with Crippen molar-refractivity contribution in [3.63, 3.8) is 0 Å². The Kier molecular flexibility index (Phi) is 10.9. The number of amides is 2. The predicted molar refractivity (Wildman–Crippen MR) is 141 cm³/mol. The molecule has 4 rings (SSSR count). The highest BCUT2D eigenvalue weighted by Crippen LogP contribution is 2.34. The van der Waals surface area contributed by atoms with Crippen molar-refractivity contribution in [2.24, 2.45) is 5.92 Å². The number of piperidine rings is 1. The van der Waals surface area contributed by atoms with Gasteiger partial charge in [-0.25, -0.2) is 13.8 Å². The zero-order valence-electron chi connectivity index (χ0n) is 18.9. The zero-order valence-corrected chi connectivity index (χ0v) is 22.0. The number of hydrogen-bond acceptors (Lipinski definition) is 5. The van der Waals surface area contributed by atoms with E-state index in [4.69, 9.17) is 5.73 Å². The number of nitrogen functional groups attached to an aromatic ring is 1. The molecule has 0 bridgehead atoms. The standard InChI is InChI=1S/C14H18IN6O2P.C6H5F.C2H6/c1-8-3-2-4-20(7-8)14(23)13(22)19-10-6-17-12(16)9-5-18-21(24-15)11(9)10;7-6-4-2-1-3-5-6;1-2/h5-6,8,24H,2-4,7H2,1H3,(H2,16,17)(H,19,22);1-5H;1-2H3. The Balaban J connectivity index is 0.000000362. The lowest BCUT2D eigenvalue weighted by molar-refractivity contribution is -0.144. The van der Waals surface area contributed by atoms with Gasteiger partial charge in [-0.05, 0) is 52.9 Å². The van der Waals surface area contributed by atoms with Gasteiger partial charge in [-0.1, -0.05) is 39.0 Å². The largest absolute Gasteiger partial charge is 0.383 e. The van der Waals surface area contributed by atoms with Crippen LogP contribution in [0.2, 0.25) is 0 Å². The molecule has 11 heteroatoms. The third-order valence-electron chi connectivity index (χ3n) is 4.83. The van der Waals surface area contributed by atoms with Crippen LogP contribution in [0.25, 0.3) is 10.9 Å². The summed E-state index contributed by atoms with van der Waals surface area (Å²) in [5, 5.41) is 7.58. The molecule has 3 N–H and O–H groups in total. The molecular weight excluding hydrogens is 557 g/mol. The molecule has 0 radical (unpaired) electrons. The molecular formula is C22H29FIN6O2P. The van der Waals surface area contributed by atoms with E-state index in [1.807, 2.05) is 13.8 Å². The smallest absolute Gasteiger partial charge is 0.314 e. The van der Waals surface area contributed by atoms with E-state index in [0.717, 1.165) is 12.8 Å². The Morgan fingerprint density at radius 3 is 2.52 bits per heavy atom. The van der Waals surface area contributed by atoms with Crippen LogP contribution in [0.5, 0.6) is 0 Å². The third kappa shape index (κ3) is 7.33. The van der Waals surface area contributed by atoms with Gasteiger partial charge in [0.1, 0.15) is 17.2 Å². The fraction of sp³-hybridized carbons (Fsp3) is 0.364. The molecule has 1 aliphatic rings. The molecule has 1 fully saturated rings. The minimum absolute atomic E-state index is 0.178. The molecule has 3 aromatic rings. The quantitative estimate of drug-likeness (QED) is 0.254. The van der Waals surface area contributed by atoms with Crippen LogP contribution in [0.4, 0.5) is 15.9 Å². The minimum Gasteiger partial charge on any atom is -0.383 e. The summed E-state index contributed by atoms with van der Waals surface area (Å²) < 4.78 is 13.6. The normalized spacial score (nSPS) is 15.4. The van der Waals surface area contributed by atoms with E-state index in [9.17, 15) is 14.0 Å². The van der Waals surface area contributed by atoms with Gasteiger partial charge in [-0.15, -0.1) is 0 Å². The number of anilines is 2. The molecule has 2 aromatic heterocycles. The van der Waals surface area contributed by atoms with Crippen molar-refractivity contribution in [3.8, 4) is 0 Å². The van der Waals surface area contributed by atoms with Crippen LogP contribution in [-0.2, 0) is 9.59 Å². The number of likely N-dealkylation sites (tertiary alicyclic amines) is 1. The number of benzene rings is 1. The molecule has 1 saturated heterocycles. The molecule has 2 atom stereocenters. The van der Waals surface area contributed by atoms with Gasteiger partial charge in [0.15, 0.2) is 0 Å². The molecule has 2 unspecified atom stereocenters. The number of nitrogens with two attached hydrogens (primary N) is 1. The number of pyridine rings is 1. The average Bonchev–Trinajstić information content (AvgIpc) is 3.28. The molecule has 2 amide bonds. The van der Waals surface area contributed by atoms with E-state index in [1.54, 1.807) is 33.7 Å². The van der Waals surface area contributed by atoms with Gasteiger partial charge in [-0.3, -0.25) is 9.59 Å². The van der Waals surface area contributed by atoms with Gasteiger partial charge in [-0.2, -0.15) is 5.10 Å². The summed E-state index contributed by atoms with van der Waals surface area (Å²) in [6.45, 7) is 7.33. The summed E-state index contributed by atoms with van der Waals surface area (Å²) in [6.07, 6.45) is 5.44. The summed E-state index contributed by atoms with van der Waals surface area (Å²) in [5.41, 5.74) is 7.00. The number of hydrogen-bond donors (Lipinski definition) is 2. The van der Waals surface area contributed by atoms with Crippen molar-refractivity contribution in [1.29, 1.82) is 0 Å². The number of nitrogens with zero attached hydrogens (tertiary/aromatic N) is 4. The highest BCUT2D eigenvalue weighted by atomic mass is 127. The Bertz CT molecular complexity index is 1070. The van der Waals surface area contributed by atoms with E-state index in [2.05, 4.69) is 44.4 Å². The highest BCUT2D eigenvalue weighted by Gasteiger charge is 2.27. The summed E-state index contributed by atoms with van der Waals surface area (Å²) in [7, 11) is 0. The minimum atomic E-state index is -0.651. The third-order valence-corrected chi connectivity index (χ3v) is 6.70. The first-order valence-electron chi connectivity index (χ1n) is 10.7. The van der Waals surface area contributed by atoms with E-state index < -0.39 is 11.8 Å². The number of nitrogens with one attached hydrogen (secondary N) is 1.